The second kappa shape index (κ2) is 5.85. The maximum atomic E-state index is 8.98. The number of aromatic nitrogens is 1. The first-order chi connectivity index (χ1) is 8.69. The van der Waals surface area contributed by atoms with Crippen molar-refractivity contribution in [1.29, 1.82) is 0 Å². The first-order valence-corrected chi connectivity index (χ1v) is 5.99. The third kappa shape index (κ3) is 3.22. The topological polar surface area (TPSA) is 42.4 Å². The second-order valence-corrected chi connectivity index (χ2v) is 4.49. The summed E-state index contributed by atoms with van der Waals surface area (Å²) in [6.07, 6.45) is 3.56. The summed E-state index contributed by atoms with van der Waals surface area (Å²) in [5.41, 5.74) is 2.86. The highest BCUT2D eigenvalue weighted by Crippen LogP contribution is 2.26. The summed E-state index contributed by atoms with van der Waals surface area (Å²) >= 11 is 6.05. The number of nitrogens with zero attached hydrogens (tertiary/aromatic N) is 1. The Balaban J connectivity index is 2.06. The number of aryl methyl sites for hydroxylation is 1. The van der Waals surface area contributed by atoms with Crippen molar-refractivity contribution in [3.8, 4) is 5.75 Å². The standard InChI is InChI=1S/C14H14ClNO2/c1-10-4-12(7-16-6-10)9-18-14-3-2-11(8-17)5-13(14)15/h2-7,17H,8-9H2,1H3. The third-order valence-electron chi connectivity index (χ3n) is 2.50. The van der Waals surface area contributed by atoms with E-state index in [0.717, 1.165) is 16.7 Å². The van der Waals surface area contributed by atoms with Gasteiger partial charge in [-0.15, -0.1) is 0 Å². The van der Waals surface area contributed by atoms with E-state index >= 15 is 0 Å². The molecule has 1 aromatic heterocycles. The van der Waals surface area contributed by atoms with E-state index in [0.29, 0.717) is 17.4 Å². The SMILES string of the molecule is Cc1cncc(COc2ccc(CO)cc2Cl)c1. The number of aliphatic hydroxyl groups is 1. The van der Waals surface area contributed by atoms with Gasteiger partial charge in [-0.25, -0.2) is 0 Å². The van der Waals surface area contributed by atoms with Crippen LogP contribution in [-0.4, -0.2) is 10.1 Å². The first kappa shape index (κ1) is 12.9. The van der Waals surface area contributed by atoms with E-state index in [9.17, 15) is 0 Å². The van der Waals surface area contributed by atoms with E-state index in [4.69, 9.17) is 21.4 Å². The van der Waals surface area contributed by atoms with Gasteiger partial charge in [-0.2, -0.15) is 0 Å². The molecule has 0 radical (unpaired) electrons. The van der Waals surface area contributed by atoms with Gasteiger partial charge < -0.3 is 9.84 Å². The fourth-order valence-corrected chi connectivity index (χ4v) is 1.88. The Morgan fingerprint density at radius 3 is 2.72 bits per heavy atom. The molecule has 3 nitrogen and oxygen atoms in total. The van der Waals surface area contributed by atoms with Crippen LogP contribution in [0.2, 0.25) is 5.02 Å². The minimum atomic E-state index is -0.0260. The molecule has 0 aliphatic heterocycles. The van der Waals surface area contributed by atoms with Crippen molar-refractivity contribution in [3.63, 3.8) is 0 Å². The van der Waals surface area contributed by atoms with Crippen molar-refractivity contribution >= 4 is 11.6 Å². The minimum Gasteiger partial charge on any atom is -0.487 e. The van der Waals surface area contributed by atoms with Gasteiger partial charge in [-0.1, -0.05) is 17.7 Å². The maximum absolute atomic E-state index is 8.98. The lowest BCUT2D eigenvalue weighted by atomic mass is 10.2. The lowest BCUT2D eigenvalue weighted by Gasteiger charge is -2.09. The fraction of sp³-hybridized carbons (Fsp3) is 0.214. The molecule has 94 valence electrons. The summed E-state index contributed by atoms with van der Waals surface area (Å²) in [7, 11) is 0. The predicted molar refractivity (Wildman–Crippen MR) is 70.7 cm³/mol. The summed E-state index contributed by atoms with van der Waals surface area (Å²) in [5.74, 6) is 0.607. The average Bonchev–Trinajstić information content (AvgIpc) is 2.37. The van der Waals surface area contributed by atoms with E-state index in [-0.39, 0.29) is 6.61 Å². The first-order valence-electron chi connectivity index (χ1n) is 5.61. The Morgan fingerprint density at radius 1 is 1.22 bits per heavy atom. The summed E-state index contributed by atoms with van der Waals surface area (Å²) in [5, 5.41) is 9.49. The molecule has 0 spiro atoms. The second-order valence-electron chi connectivity index (χ2n) is 4.08. The van der Waals surface area contributed by atoms with Crippen LogP contribution in [0.3, 0.4) is 0 Å². The Labute approximate surface area is 111 Å². The Hall–Kier alpha value is -1.58. The summed E-state index contributed by atoms with van der Waals surface area (Å²) in [6, 6.07) is 7.27. The van der Waals surface area contributed by atoms with Crippen LogP contribution in [0.25, 0.3) is 0 Å². The van der Waals surface area contributed by atoms with Crippen LogP contribution in [0, 0.1) is 6.92 Å². The summed E-state index contributed by atoms with van der Waals surface area (Å²) in [6.45, 7) is 2.38. The molecule has 0 aliphatic carbocycles. The van der Waals surface area contributed by atoms with Gasteiger partial charge in [-0.05, 0) is 36.2 Å². The van der Waals surface area contributed by atoms with Gasteiger partial charge in [-0.3, -0.25) is 4.98 Å². The van der Waals surface area contributed by atoms with E-state index in [2.05, 4.69) is 4.98 Å². The monoisotopic (exact) mass is 263 g/mol. The molecule has 0 amide bonds. The van der Waals surface area contributed by atoms with Gasteiger partial charge in [0, 0.05) is 18.0 Å². The largest absolute Gasteiger partial charge is 0.487 e. The average molecular weight is 264 g/mol. The molecule has 0 fully saturated rings. The quantitative estimate of drug-likeness (QED) is 0.922. The molecule has 1 N–H and O–H groups in total. The molecule has 1 heterocycles. The number of rotatable bonds is 4. The number of pyridine rings is 1. The fourth-order valence-electron chi connectivity index (χ4n) is 1.62. The van der Waals surface area contributed by atoms with Crippen molar-refractivity contribution < 1.29 is 9.84 Å². The lowest BCUT2D eigenvalue weighted by molar-refractivity contribution is 0.280. The number of halogens is 1. The molecule has 0 atom stereocenters. The normalized spacial score (nSPS) is 10.4. The van der Waals surface area contributed by atoms with E-state index in [1.807, 2.05) is 13.0 Å². The molecule has 4 heteroatoms. The van der Waals surface area contributed by atoms with Gasteiger partial charge in [0.2, 0.25) is 0 Å². The molecule has 0 unspecified atom stereocenters. The Bertz CT molecular complexity index is 543. The zero-order chi connectivity index (χ0) is 13.0. The van der Waals surface area contributed by atoms with Crippen LogP contribution in [0.5, 0.6) is 5.75 Å². The van der Waals surface area contributed by atoms with Crippen LogP contribution in [0.1, 0.15) is 16.7 Å². The van der Waals surface area contributed by atoms with Gasteiger partial charge in [0.05, 0.1) is 11.6 Å². The Kier molecular flexibility index (Phi) is 4.18. The smallest absolute Gasteiger partial charge is 0.138 e. The van der Waals surface area contributed by atoms with E-state index in [1.54, 1.807) is 30.6 Å². The van der Waals surface area contributed by atoms with E-state index < -0.39 is 0 Å². The van der Waals surface area contributed by atoms with Crippen LogP contribution < -0.4 is 4.74 Å². The highest BCUT2D eigenvalue weighted by molar-refractivity contribution is 6.32. The van der Waals surface area contributed by atoms with Gasteiger partial charge in [0.25, 0.3) is 0 Å². The molecule has 0 aliphatic rings. The molecule has 2 aromatic rings. The number of ether oxygens (including phenoxy) is 1. The molecule has 1 aromatic carbocycles. The predicted octanol–water partition coefficient (Wildman–Crippen LogP) is 3.11. The van der Waals surface area contributed by atoms with Gasteiger partial charge >= 0.3 is 0 Å². The minimum absolute atomic E-state index is 0.0260. The van der Waals surface area contributed by atoms with Crippen LogP contribution in [0.4, 0.5) is 0 Å². The molecule has 2 rings (SSSR count). The van der Waals surface area contributed by atoms with Gasteiger partial charge in [0.1, 0.15) is 12.4 Å². The zero-order valence-electron chi connectivity index (χ0n) is 10.1. The van der Waals surface area contributed by atoms with Gasteiger partial charge in [0.15, 0.2) is 0 Å². The number of aliphatic hydroxyl groups excluding tert-OH is 1. The Morgan fingerprint density at radius 2 is 2.06 bits per heavy atom. The molecular formula is C14H14ClNO2. The maximum Gasteiger partial charge on any atom is 0.138 e. The highest BCUT2D eigenvalue weighted by atomic mass is 35.5. The number of hydrogen-bond donors (Lipinski definition) is 1. The van der Waals surface area contributed by atoms with Crippen molar-refractivity contribution in [2.24, 2.45) is 0 Å². The molecular weight excluding hydrogens is 250 g/mol. The summed E-state index contributed by atoms with van der Waals surface area (Å²) < 4.78 is 5.62. The van der Waals surface area contributed by atoms with Crippen molar-refractivity contribution in [1.82, 2.24) is 4.98 Å². The molecule has 18 heavy (non-hydrogen) atoms. The lowest BCUT2D eigenvalue weighted by Crippen LogP contribution is -1.97. The molecule has 0 bridgehead atoms. The van der Waals surface area contributed by atoms with Crippen molar-refractivity contribution in [3.05, 3.63) is 58.4 Å². The zero-order valence-corrected chi connectivity index (χ0v) is 10.8. The van der Waals surface area contributed by atoms with Crippen molar-refractivity contribution in [2.45, 2.75) is 20.1 Å². The highest BCUT2D eigenvalue weighted by Gasteiger charge is 2.03. The molecule has 0 saturated carbocycles. The summed E-state index contributed by atoms with van der Waals surface area (Å²) in [4.78, 5) is 4.10. The van der Waals surface area contributed by atoms with Crippen LogP contribution in [-0.2, 0) is 13.2 Å². The van der Waals surface area contributed by atoms with Crippen molar-refractivity contribution in [2.75, 3.05) is 0 Å². The third-order valence-corrected chi connectivity index (χ3v) is 2.80. The molecule has 0 saturated heterocycles. The number of hydrogen-bond acceptors (Lipinski definition) is 3. The van der Waals surface area contributed by atoms with Crippen LogP contribution in [0.15, 0.2) is 36.7 Å². The number of benzene rings is 1. The van der Waals surface area contributed by atoms with Crippen LogP contribution >= 0.6 is 11.6 Å². The van der Waals surface area contributed by atoms with E-state index in [1.165, 1.54) is 0 Å².